The zero-order valence-corrected chi connectivity index (χ0v) is 21.1. The van der Waals surface area contributed by atoms with Crippen LogP contribution in [0, 0.1) is 11.8 Å². The van der Waals surface area contributed by atoms with Crippen molar-refractivity contribution >= 4 is 28.2 Å². The van der Waals surface area contributed by atoms with Gasteiger partial charge in [0.1, 0.15) is 0 Å². The van der Waals surface area contributed by atoms with Crippen LogP contribution >= 0.6 is 0 Å². The van der Waals surface area contributed by atoms with Gasteiger partial charge in [-0.2, -0.15) is 0 Å². The summed E-state index contributed by atoms with van der Waals surface area (Å²) in [4.78, 5) is 22.0. The number of aromatic hydroxyl groups is 1. The van der Waals surface area contributed by atoms with Crippen LogP contribution in [0.3, 0.4) is 0 Å². The van der Waals surface area contributed by atoms with Gasteiger partial charge in [-0.15, -0.1) is 0 Å². The smallest absolute Gasteiger partial charge is 0.296 e. The highest BCUT2D eigenvalue weighted by Crippen LogP contribution is 2.32. The average molecular weight is 495 g/mol. The van der Waals surface area contributed by atoms with E-state index in [2.05, 4.69) is 39.2 Å². The second kappa shape index (κ2) is 11.6. The van der Waals surface area contributed by atoms with Crippen LogP contribution in [0.2, 0.25) is 0 Å². The number of hydrogen-bond acceptors (Lipinski definition) is 5. The Balaban J connectivity index is 1.73. The fourth-order valence-corrected chi connectivity index (χ4v) is 3.97. The maximum Gasteiger partial charge on any atom is 0.296 e. The number of carbonyl (C=O) groups excluding carboxylic acids is 1. The molecule has 0 unspecified atom stereocenters. The van der Waals surface area contributed by atoms with Gasteiger partial charge in [0.05, 0.1) is 35.1 Å². The van der Waals surface area contributed by atoms with E-state index in [0.717, 1.165) is 23.2 Å². The summed E-state index contributed by atoms with van der Waals surface area (Å²) >= 11 is 0. The van der Waals surface area contributed by atoms with Crippen LogP contribution < -0.4 is 5.32 Å². The Morgan fingerprint density at radius 1 is 1.08 bits per heavy atom. The number of rotatable bonds is 7. The second-order valence-corrected chi connectivity index (χ2v) is 9.15. The summed E-state index contributed by atoms with van der Waals surface area (Å²) in [6, 6.07) is 22.9. The highest BCUT2D eigenvalue weighted by atomic mass is 16.3. The molecule has 4 N–H and O–H groups in total. The second-order valence-electron chi connectivity index (χ2n) is 9.15. The lowest BCUT2D eigenvalue weighted by Gasteiger charge is -2.10. The van der Waals surface area contributed by atoms with Crippen molar-refractivity contribution < 1.29 is 15.0 Å². The molecule has 0 aliphatic carbocycles. The molecule has 1 atom stereocenters. The minimum Gasteiger partial charge on any atom is -0.494 e. The van der Waals surface area contributed by atoms with Gasteiger partial charge >= 0.3 is 0 Å². The summed E-state index contributed by atoms with van der Waals surface area (Å²) in [5.74, 6) is 4.90. The summed E-state index contributed by atoms with van der Waals surface area (Å²) in [7, 11) is 4.06. The third kappa shape index (κ3) is 6.44. The number of benzene rings is 3. The molecule has 0 saturated heterocycles. The predicted molar refractivity (Wildman–Crippen MR) is 147 cm³/mol. The molecule has 0 saturated carbocycles. The number of aliphatic imine (C=N–C) groups is 1. The molecule has 3 aromatic carbocycles. The zero-order chi connectivity index (χ0) is 26.4. The summed E-state index contributed by atoms with van der Waals surface area (Å²) in [5.41, 5.74) is 5.35. The first-order valence-corrected chi connectivity index (χ1v) is 12.0. The standard InChI is InChI=1S/C30H30N4O3/c1-20(19-35)31-27(36)16-12-21-11-15-25-26(17-21)33-30(37)28(25)29(23-7-5-4-6-8-23)32-24-13-9-22(10-14-24)18-34(2)3/h4-11,13-15,17,20,33,35,37H,18-19H2,1-3H3,(H,31,36)/t20-/m1/s1. The van der Waals surface area contributed by atoms with Crippen LogP contribution in [-0.2, 0) is 11.3 Å². The van der Waals surface area contributed by atoms with E-state index >= 15 is 0 Å². The number of carbonyl (C=O) groups is 1. The fraction of sp³-hybridized carbons (Fsp3) is 0.200. The molecule has 0 aliphatic rings. The summed E-state index contributed by atoms with van der Waals surface area (Å²) in [6.45, 7) is 2.38. The maximum atomic E-state index is 11.9. The van der Waals surface area contributed by atoms with Gasteiger partial charge in [-0.1, -0.05) is 54.5 Å². The zero-order valence-electron chi connectivity index (χ0n) is 21.1. The molecule has 188 valence electrons. The molecule has 7 heteroatoms. The monoisotopic (exact) mass is 494 g/mol. The number of hydrogen-bond donors (Lipinski definition) is 4. The van der Waals surface area contributed by atoms with Gasteiger partial charge in [0.2, 0.25) is 0 Å². The summed E-state index contributed by atoms with van der Waals surface area (Å²) in [6.07, 6.45) is 0. The minimum absolute atomic E-state index is 0.00135. The van der Waals surface area contributed by atoms with E-state index in [4.69, 9.17) is 10.1 Å². The number of nitrogens with zero attached hydrogens (tertiary/aromatic N) is 2. The third-order valence-corrected chi connectivity index (χ3v) is 5.71. The first-order chi connectivity index (χ1) is 17.8. The Morgan fingerprint density at radius 2 is 1.81 bits per heavy atom. The van der Waals surface area contributed by atoms with E-state index in [1.54, 1.807) is 19.1 Å². The minimum atomic E-state index is -0.466. The number of fused-ring (bicyclic) bond motifs is 1. The molecular weight excluding hydrogens is 464 g/mol. The lowest BCUT2D eigenvalue weighted by molar-refractivity contribution is -0.116. The number of nitrogens with one attached hydrogen (secondary N) is 2. The van der Waals surface area contributed by atoms with E-state index in [9.17, 15) is 9.90 Å². The summed E-state index contributed by atoms with van der Waals surface area (Å²) < 4.78 is 0. The lowest BCUT2D eigenvalue weighted by atomic mass is 10.00. The molecular formula is C30H30N4O3. The first kappa shape index (κ1) is 25.7. The van der Waals surface area contributed by atoms with E-state index in [0.29, 0.717) is 22.4 Å². The number of aromatic amines is 1. The Hall–Kier alpha value is -4.38. The van der Waals surface area contributed by atoms with Gasteiger partial charge in [0, 0.05) is 29.0 Å². The van der Waals surface area contributed by atoms with E-state index < -0.39 is 5.91 Å². The Kier molecular flexibility index (Phi) is 8.04. The van der Waals surface area contributed by atoms with Crippen molar-refractivity contribution in [3.63, 3.8) is 0 Å². The molecule has 0 bridgehead atoms. The van der Waals surface area contributed by atoms with Crippen LogP contribution in [0.25, 0.3) is 10.9 Å². The van der Waals surface area contributed by atoms with E-state index in [-0.39, 0.29) is 18.5 Å². The van der Waals surface area contributed by atoms with Crippen LogP contribution in [-0.4, -0.2) is 58.5 Å². The quantitative estimate of drug-likeness (QED) is 0.231. The molecule has 0 aliphatic heterocycles. The molecule has 4 aromatic rings. The predicted octanol–water partition coefficient (Wildman–Crippen LogP) is 3.95. The van der Waals surface area contributed by atoms with Crippen molar-refractivity contribution in [1.29, 1.82) is 0 Å². The van der Waals surface area contributed by atoms with E-state index in [1.807, 2.05) is 62.6 Å². The number of aromatic nitrogens is 1. The highest BCUT2D eigenvalue weighted by molar-refractivity contribution is 6.22. The number of aliphatic hydroxyl groups excluding tert-OH is 1. The SMILES string of the molecule is C[C@H](CO)NC(=O)C#Cc1ccc2c(C(=Nc3ccc(CN(C)C)cc3)c3ccccc3)c(O)[nH]c2c1. The number of H-pyrrole nitrogens is 1. The third-order valence-electron chi connectivity index (χ3n) is 5.71. The van der Waals surface area contributed by atoms with Crippen molar-refractivity contribution in [2.45, 2.75) is 19.5 Å². The van der Waals surface area contributed by atoms with Crippen LogP contribution in [0.15, 0.2) is 77.8 Å². The molecule has 1 amide bonds. The average Bonchev–Trinajstić information content (AvgIpc) is 3.21. The molecule has 0 spiro atoms. The van der Waals surface area contributed by atoms with Crippen molar-refractivity contribution in [3.8, 4) is 17.7 Å². The van der Waals surface area contributed by atoms with E-state index in [1.165, 1.54) is 5.56 Å². The number of amides is 1. The van der Waals surface area contributed by atoms with Gasteiger partial charge in [0.25, 0.3) is 5.91 Å². The summed E-state index contributed by atoms with van der Waals surface area (Å²) in [5, 5.41) is 23.4. The molecule has 0 fully saturated rings. The molecule has 37 heavy (non-hydrogen) atoms. The maximum absolute atomic E-state index is 11.9. The van der Waals surface area contributed by atoms with Crippen LogP contribution in [0.5, 0.6) is 5.88 Å². The molecule has 0 radical (unpaired) electrons. The highest BCUT2D eigenvalue weighted by Gasteiger charge is 2.19. The Bertz CT molecular complexity index is 1480. The van der Waals surface area contributed by atoms with Gasteiger partial charge in [-0.05, 0) is 50.8 Å². The van der Waals surface area contributed by atoms with Crippen molar-refractivity contribution in [1.82, 2.24) is 15.2 Å². The largest absolute Gasteiger partial charge is 0.494 e. The molecule has 1 heterocycles. The first-order valence-electron chi connectivity index (χ1n) is 12.0. The van der Waals surface area contributed by atoms with Gasteiger partial charge < -0.3 is 25.4 Å². The van der Waals surface area contributed by atoms with Crippen molar-refractivity contribution in [2.24, 2.45) is 4.99 Å². The topological polar surface area (TPSA) is 101 Å². The normalized spacial score (nSPS) is 12.3. The van der Waals surface area contributed by atoms with Gasteiger partial charge in [-0.3, -0.25) is 4.79 Å². The van der Waals surface area contributed by atoms with Crippen molar-refractivity contribution in [2.75, 3.05) is 20.7 Å². The van der Waals surface area contributed by atoms with Gasteiger partial charge in [0.15, 0.2) is 5.88 Å². The molecule has 7 nitrogen and oxygen atoms in total. The Labute approximate surface area is 216 Å². The molecule has 1 aromatic heterocycles. The van der Waals surface area contributed by atoms with Crippen LogP contribution in [0.1, 0.15) is 29.2 Å². The van der Waals surface area contributed by atoms with Crippen molar-refractivity contribution in [3.05, 3.63) is 95.1 Å². The number of aliphatic hydroxyl groups is 1. The lowest BCUT2D eigenvalue weighted by Crippen LogP contribution is -2.33. The Morgan fingerprint density at radius 3 is 2.49 bits per heavy atom. The molecule has 4 rings (SSSR count). The van der Waals surface area contributed by atoms with Crippen LogP contribution in [0.4, 0.5) is 5.69 Å². The van der Waals surface area contributed by atoms with Gasteiger partial charge in [-0.25, -0.2) is 4.99 Å². The fourth-order valence-electron chi connectivity index (χ4n) is 3.97.